The summed E-state index contributed by atoms with van der Waals surface area (Å²) in [7, 11) is 0. The third-order valence-corrected chi connectivity index (χ3v) is 5.06. The molecule has 0 aromatic heterocycles. The second kappa shape index (κ2) is 7.57. The molecule has 0 saturated carbocycles. The van der Waals surface area contributed by atoms with Gasteiger partial charge >= 0.3 is 0 Å². The standard InChI is InChI=1S/C22H23ClN2O2/c1-5-24(18-8-6-7-15(4)13-18)20-19(23)21(26)25(22(20)27)17-11-9-16(10-12-17)14(2)3/h6-14H,5H2,1-4H3. The zero-order valence-corrected chi connectivity index (χ0v) is 16.7. The van der Waals surface area contributed by atoms with Crippen molar-refractivity contribution in [2.75, 3.05) is 16.3 Å². The number of aryl methyl sites for hydroxylation is 1. The molecule has 2 amide bonds. The van der Waals surface area contributed by atoms with Gasteiger partial charge in [0.2, 0.25) is 0 Å². The lowest BCUT2D eigenvalue weighted by atomic mass is 10.0. The third kappa shape index (κ3) is 3.50. The molecule has 0 radical (unpaired) electrons. The maximum Gasteiger partial charge on any atom is 0.283 e. The molecule has 27 heavy (non-hydrogen) atoms. The van der Waals surface area contributed by atoms with Gasteiger partial charge in [0.25, 0.3) is 11.8 Å². The quantitative estimate of drug-likeness (QED) is 0.685. The van der Waals surface area contributed by atoms with Gasteiger partial charge in [-0.25, -0.2) is 4.90 Å². The van der Waals surface area contributed by atoms with Crippen LogP contribution in [0, 0.1) is 6.92 Å². The Morgan fingerprint density at radius 1 is 1.04 bits per heavy atom. The molecule has 2 aromatic rings. The average molecular weight is 383 g/mol. The first-order valence-electron chi connectivity index (χ1n) is 9.07. The average Bonchev–Trinajstić information content (AvgIpc) is 2.86. The first-order chi connectivity index (χ1) is 12.8. The van der Waals surface area contributed by atoms with E-state index in [-0.39, 0.29) is 10.7 Å². The lowest BCUT2D eigenvalue weighted by Gasteiger charge is -2.24. The first kappa shape index (κ1) is 19.2. The lowest BCUT2D eigenvalue weighted by Crippen LogP contribution is -2.35. The number of amides is 2. The van der Waals surface area contributed by atoms with Crippen LogP contribution in [0.15, 0.2) is 59.3 Å². The summed E-state index contributed by atoms with van der Waals surface area (Å²) in [5.41, 5.74) is 3.81. The smallest absolute Gasteiger partial charge is 0.283 e. The summed E-state index contributed by atoms with van der Waals surface area (Å²) in [6.45, 7) is 8.63. The summed E-state index contributed by atoms with van der Waals surface area (Å²) in [4.78, 5) is 28.8. The molecule has 0 atom stereocenters. The Kier molecular flexibility index (Phi) is 5.38. The molecule has 1 aliphatic rings. The molecule has 4 nitrogen and oxygen atoms in total. The van der Waals surface area contributed by atoms with Crippen LogP contribution >= 0.6 is 11.6 Å². The molecule has 0 aliphatic carbocycles. The Balaban J connectivity index is 1.98. The van der Waals surface area contributed by atoms with Gasteiger partial charge in [-0.15, -0.1) is 0 Å². The fourth-order valence-electron chi connectivity index (χ4n) is 3.23. The molecule has 0 spiro atoms. The molecule has 140 valence electrons. The van der Waals surface area contributed by atoms with Crippen LogP contribution in [0.2, 0.25) is 0 Å². The minimum Gasteiger partial charge on any atom is -0.336 e. The Bertz CT molecular complexity index is 916. The van der Waals surface area contributed by atoms with Gasteiger partial charge in [0.15, 0.2) is 0 Å². The maximum absolute atomic E-state index is 13.1. The van der Waals surface area contributed by atoms with E-state index in [0.29, 0.717) is 18.2 Å². The van der Waals surface area contributed by atoms with Crippen molar-refractivity contribution in [3.8, 4) is 0 Å². The Morgan fingerprint density at radius 3 is 2.26 bits per heavy atom. The highest BCUT2D eigenvalue weighted by atomic mass is 35.5. The van der Waals surface area contributed by atoms with Crippen LogP contribution in [0.25, 0.3) is 0 Å². The van der Waals surface area contributed by atoms with Crippen molar-refractivity contribution in [2.45, 2.75) is 33.6 Å². The predicted molar refractivity (Wildman–Crippen MR) is 110 cm³/mol. The molecule has 0 fully saturated rings. The van der Waals surface area contributed by atoms with Crippen molar-refractivity contribution in [3.63, 3.8) is 0 Å². The van der Waals surface area contributed by atoms with Gasteiger partial charge in [-0.05, 0) is 55.2 Å². The van der Waals surface area contributed by atoms with E-state index in [2.05, 4.69) is 13.8 Å². The molecular formula is C22H23ClN2O2. The number of likely N-dealkylation sites (N-methyl/N-ethyl adjacent to an activating group) is 1. The van der Waals surface area contributed by atoms with Crippen molar-refractivity contribution >= 4 is 34.8 Å². The zero-order chi connectivity index (χ0) is 19.7. The highest BCUT2D eigenvalue weighted by Gasteiger charge is 2.41. The van der Waals surface area contributed by atoms with Crippen molar-refractivity contribution in [2.24, 2.45) is 0 Å². The van der Waals surface area contributed by atoms with Crippen molar-refractivity contribution in [1.29, 1.82) is 0 Å². The van der Waals surface area contributed by atoms with Gasteiger partial charge in [0, 0.05) is 12.2 Å². The van der Waals surface area contributed by atoms with Gasteiger partial charge in [0.1, 0.15) is 10.7 Å². The zero-order valence-electron chi connectivity index (χ0n) is 16.0. The molecule has 0 bridgehead atoms. The van der Waals surface area contributed by atoms with Crippen LogP contribution in [-0.2, 0) is 9.59 Å². The van der Waals surface area contributed by atoms with Crippen LogP contribution in [-0.4, -0.2) is 18.4 Å². The van der Waals surface area contributed by atoms with E-state index in [9.17, 15) is 9.59 Å². The fourth-order valence-corrected chi connectivity index (χ4v) is 3.50. The first-order valence-corrected chi connectivity index (χ1v) is 9.45. The van der Waals surface area contributed by atoms with E-state index in [1.165, 1.54) is 0 Å². The number of carbonyl (C=O) groups excluding carboxylic acids is 2. The number of benzene rings is 2. The van der Waals surface area contributed by atoms with E-state index in [1.54, 1.807) is 17.0 Å². The van der Waals surface area contributed by atoms with Crippen molar-refractivity contribution in [3.05, 3.63) is 70.4 Å². The van der Waals surface area contributed by atoms with E-state index < -0.39 is 11.8 Å². The number of hydrogen-bond donors (Lipinski definition) is 0. The van der Waals surface area contributed by atoms with Crippen molar-refractivity contribution < 1.29 is 9.59 Å². The maximum atomic E-state index is 13.1. The summed E-state index contributed by atoms with van der Waals surface area (Å²) in [5.74, 6) is -0.510. The highest BCUT2D eigenvalue weighted by Crippen LogP contribution is 2.34. The van der Waals surface area contributed by atoms with Gasteiger partial charge in [-0.2, -0.15) is 0 Å². The summed E-state index contributed by atoms with van der Waals surface area (Å²) >= 11 is 6.34. The molecule has 0 N–H and O–H groups in total. The lowest BCUT2D eigenvalue weighted by molar-refractivity contribution is -0.120. The number of halogens is 1. The number of nitrogens with zero attached hydrogens (tertiary/aromatic N) is 2. The van der Waals surface area contributed by atoms with E-state index >= 15 is 0 Å². The fraction of sp³-hybridized carbons (Fsp3) is 0.273. The molecule has 0 unspecified atom stereocenters. The predicted octanol–water partition coefficient (Wildman–Crippen LogP) is 4.97. The van der Waals surface area contributed by atoms with Crippen LogP contribution in [0.5, 0.6) is 0 Å². The number of hydrogen-bond acceptors (Lipinski definition) is 3. The Morgan fingerprint density at radius 2 is 1.70 bits per heavy atom. The van der Waals surface area contributed by atoms with Gasteiger partial charge in [-0.3, -0.25) is 9.59 Å². The highest BCUT2D eigenvalue weighted by molar-refractivity contribution is 6.53. The minimum atomic E-state index is -0.486. The van der Waals surface area contributed by atoms with Crippen molar-refractivity contribution in [1.82, 2.24) is 0 Å². The summed E-state index contributed by atoms with van der Waals surface area (Å²) < 4.78 is 0. The van der Waals surface area contributed by atoms with Gasteiger partial charge in [0.05, 0.1) is 5.69 Å². The molecule has 2 aromatic carbocycles. The largest absolute Gasteiger partial charge is 0.336 e. The van der Waals surface area contributed by atoms with Crippen LogP contribution in [0.1, 0.15) is 37.8 Å². The molecular weight excluding hydrogens is 360 g/mol. The van der Waals surface area contributed by atoms with E-state index in [0.717, 1.165) is 21.7 Å². The topological polar surface area (TPSA) is 40.6 Å². The van der Waals surface area contributed by atoms with Crippen LogP contribution in [0.3, 0.4) is 0 Å². The van der Waals surface area contributed by atoms with E-state index in [4.69, 9.17) is 11.6 Å². The van der Waals surface area contributed by atoms with Crippen LogP contribution < -0.4 is 9.80 Å². The third-order valence-electron chi connectivity index (χ3n) is 4.72. The van der Waals surface area contributed by atoms with E-state index in [1.807, 2.05) is 50.2 Å². The summed E-state index contributed by atoms with van der Waals surface area (Å²) in [6.07, 6.45) is 0. The monoisotopic (exact) mass is 382 g/mol. The molecule has 3 rings (SSSR count). The number of imide groups is 1. The normalized spacial score (nSPS) is 14.5. The second-order valence-corrected chi connectivity index (χ2v) is 7.32. The summed E-state index contributed by atoms with van der Waals surface area (Å²) in [6, 6.07) is 15.2. The molecule has 1 aliphatic heterocycles. The minimum absolute atomic E-state index is 0.0451. The molecule has 5 heteroatoms. The Hall–Kier alpha value is -2.59. The van der Waals surface area contributed by atoms with Gasteiger partial charge in [-0.1, -0.05) is 49.7 Å². The van der Waals surface area contributed by atoms with Gasteiger partial charge < -0.3 is 4.90 Å². The molecule has 1 heterocycles. The van der Waals surface area contributed by atoms with Crippen LogP contribution in [0.4, 0.5) is 11.4 Å². The number of anilines is 2. The number of carbonyl (C=O) groups is 2. The number of rotatable bonds is 5. The molecule has 0 saturated heterocycles. The second-order valence-electron chi connectivity index (χ2n) is 6.94. The summed E-state index contributed by atoms with van der Waals surface area (Å²) in [5, 5.41) is -0.0451. The Labute approximate surface area is 165 Å². The SMILES string of the molecule is CCN(C1=C(Cl)C(=O)N(c2ccc(C(C)C)cc2)C1=O)c1cccc(C)c1.